The van der Waals surface area contributed by atoms with Crippen molar-refractivity contribution in [3.63, 3.8) is 0 Å². The van der Waals surface area contributed by atoms with Gasteiger partial charge in [0.05, 0.1) is 12.6 Å². The van der Waals surface area contributed by atoms with Gasteiger partial charge < -0.3 is 20.1 Å². The molecule has 0 spiro atoms. The predicted octanol–water partition coefficient (Wildman–Crippen LogP) is 2.67. The number of urea groups is 1. The fourth-order valence-electron chi connectivity index (χ4n) is 2.11. The van der Waals surface area contributed by atoms with Crippen LogP contribution in [-0.4, -0.2) is 31.3 Å². The topological polar surface area (TPSA) is 72.5 Å². The smallest absolute Gasteiger partial charge is 0.315 e. The highest BCUT2D eigenvalue weighted by Gasteiger charge is 2.08. The van der Waals surface area contributed by atoms with E-state index in [2.05, 4.69) is 15.6 Å². The van der Waals surface area contributed by atoms with Crippen molar-refractivity contribution in [1.29, 1.82) is 0 Å². The number of rotatable bonds is 8. The SMILES string of the molecule is COCCOc1ccc(CNC(=O)NC(C)c2ccncc2)cc1. The fraction of sp³-hybridized carbons (Fsp3) is 0.333. The molecule has 2 rings (SSSR count). The Morgan fingerprint density at radius 2 is 1.83 bits per heavy atom. The van der Waals surface area contributed by atoms with Crippen LogP contribution in [0.4, 0.5) is 4.79 Å². The van der Waals surface area contributed by atoms with Gasteiger partial charge in [0.15, 0.2) is 0 Å². The molecule has 0 saturated carbocycles. The van der Waals surface area contributed by atoms with Crippen LogP contribution in [0.5, 0.6) is 5.75 Å². The summed E-state index contributed by atoms with van der Waals surface area (Å²) in [4.78, 5) is 15.9. The largest absolute Gasteiger partial charge is 0.491 e. The monoisotopic (exact) mass is 329 g/mol. The molecule has 2 N–H and O–H groups in total. The molecule has 2 aromatic rings. The normalized spacial score (nSPS) is 11.6. The zero-order valence-electron chi connectivity index (χ0n) is 14.0. The van der Waals surface area contributed by atoms with Gasteiger partial charge in [-0.05, 0) is 42.3 Å². The number of aromatic nitrogens is 1. The van der Waals surface area contributed by atoms with E-state index in [1.807, 2.05) is 43.3 Å². The molecule has 0 aliphatic heterocycles. The second-order valence-corrected chi connectivity index (χ2v) is 5.31. The van der Waals surface area contributed by atoms with E-state index in [4.69, 9.17) is 9.47 Å². The van der Waals surface area contributed by atoms with Gasteiger partial charge >= 0.3 is 6.03 Å². The maximum absolute atomic E-state index is 12.0. The lowest BCUT2D eigenvalue weighted by Gasteiger charge is -2.15. The van der Waals surface area contributed by atoms with E-state index in [-0.39, 0.29) is 12.1 Å². The Kier molecular flexibility index (Phi) is 7.04. The number of hydrogen-bond donors (Lipinski definition) is 2. The van der Waals surface area contributed by atoms with Crippen molar-refractivity contribution in [2.24, 2.45) is 0 Å². The van der Waals surface area contributed by atoms with Crippen LogP contribution in [0.3, 0.4) is 0 Å². The molecule has 0 fully saturated rings. The third-order valence-corrected chi connectivity index (χ3v) is 3.49. The maximum atomic E-state index is 12.0. The van der Waals surface area contributed by atoms with E-state index in [9.17, 15) is 4.79 Å². The highest BCUT2D eigenvalue weighted by Crippen LogP contribution is 2.12. The molecule has 24 heavy (non-hydrogen) atoms. The summed E-state index contributed by atoms with van der Waals surface area (Å²) in [5.41, 5.74) is 2.01. The second-order valence-electron chi connectivity index (χ2n) is 5.31. The second kappa shape index (κ2) is 9.52. The van der Waals surface area contributed by atoms with E-state index in [1.54, 1.807) is 19.5 Å². The van der Waals surface area contributed by atoms with E-state index >= 15 is 0 Å². The molecule has 0 bridgehead atoms. The van der Waals surface area contributed by atoms with Gasteiger partial charge in [-0.2, -0.15) is 0 Å². The van der Waals surface area contributed by atoms with Crippen LogP contribution in [-0.2, 0) is 11.3 Å². The van der Waals surface area contributed by atoms with Crippen molar-refractivity contribution in [3.05, 3.63) is 59.9 Å². The van der Waals surface area contributed by atoms with Crippen LogP contribution in [0.2, 0.25) is 0 Å². The van der Waals surface area contributed by atoms with Crippen LogP contribution < -0.4 is 15.4 Å². The molecule has 1 aromatic carbocycles. The summed E-state index contributed by atoms with van der Waals surface area (Å²) < 4.78 is 10.4. The summed E-state index contributed by atoms with van der Waals surface area (Å²) in [6.07, 6.45) is 3.42. The van der Waals surface area contributed by atoms with Gasteiger partial charge in [0, 0.05) is 26.0 Å². The molecule has 0 aliphatic rings. The number of nitrogens with zero attached hydrogens (tertiary/aromatic N) is 1. The molecule has 128 valence electrons. The first-order valence-corrected chi connectivity index (χ1v) is 7.84. The van der Waals surface area contributed by atoms with Gasteiger partial charge in [0.1, 0.15) is 12.4 Å². The average Bonchev–Trinajstić information content (AvgIpc) is 2.62. The molecule has 2 amide bonds. The number of carbonyl (C=O) groups is 1. The molecular formula is C18H23N3O3. The molecular weight excluding hydrogens is 306 g/mol. The summed E-state index contributed by atoms with van der Waals surface area (Å²) >= 11 is 0. The minimum absolute atomic E-state index is 0.0791. The lowest BCUT2D eigenvalue weighted by molar-refractivity contribution is 0.146. The van der Waals surface area contributed by atoms with Crippen molar-refractivity contribution < 1.29 is 14.3 Å². The Bertz CT molecular complexity index is 617. The maximum Gasteiger partial charge on any atom is 0.315 e. The predicted molar refractivity (Wildman–Crippen MR) is 91.8 cm³/mol. The third kappa shape index (κ3) is 5.89. The van der Waals surface area contributed by atoms with E-state index in [1.165, 1.54) is 0 Å². The van der Waals surface area contributed by atoms with Crippen LogP contribution >= 0.6 is 0 Å². The van der Waals surface area contributed by atoms with Crippen molar-refractivity contribution in [2.45, 2.75) is 19.5 Å². The average molecular weight is 329 g/mol. The van der Waals surface area contributed by atoms with Gasteiger partial charge in [-0.1, -0.05) is 12.1 Å². The molecule has 1 unspecified atom stereocenters. The number of amides is 2. The van der Waals surface area contributed by atoms with Crippen molar-refractivity contribution in [2.75, 3.05) is 20.3 Å². The summed E-state index contributed by atoms with van der Waals surface area (Å²) in [6, 6.07) is 11.1. The van der Waals surface area contributed by atoms with Gasteiger partial charge in [-0.15, -0.1) is 0 Å². The number of methoxy groups -OCH3 is 1. The summed E-state index contributed by atoms with van der Waals surface area (Å²) in [5.74, 6) is 0.784. The van der Waals surface area contributed by atoms with Crippen LogP contribution in [0.15, 0.2) is 48.8 Å². The van der Waals surface area contributed by atoms with Gasteiger partial charge in [0.2, 0.25) is 0 Å². The standard InChI is InChI=1S/C18H23N3O3/c1-14(16-7-9-19-10-8-16)21-18(22)20-13-15-3-5-17(6-4-15)24-12-11-23-2/h3-10,14H,11-13H2,1-2H3,(H2,20,21,22). The van der Waals surface area contributed by atoms with Gasteiger partial charge in [0.25, 0.3) is 0 Å². The van der Waals surface area contributed by atoms with Crippen LogP contribution in [0.1, 0.15) is 24.1 Å². The molecule has 6 heteroatoms. The zero-order chi connectivity index (χ0) is 17.2. The molecule has 0 aliphatic carbocycles. The molecule has 1 atom stereocenters. The molecule has 0 radical (unpaired) electrons. The third-order valence-electron chi connectivity index (χ3n) is 3.49. The summed E-state index contributed by atoms with van der Waals surface area (Å²) in [6.45, 7) is 3.46. The highest BCUT2D eigenvalue weighted by atomic mass is 16.5. The fourth-order valence-corrected chi connectivity index (χ4v) is 2.11. The van der Waals surface area contributed by atoms with E-state index in [0.29, 0.717) is 19.8 Å². The Morgan fingerprint density at radius 3 is 2.50 bits per heavy atom. The number of pyridine rings is 1. The van der Waals surface area contributed by atoms with Crippen LogP contribution in [0.25, 0.3) is 0 Å². The first-order valence-electron chi connectivity index (χ1n) is 7.84. The number of hydrogen-bond acceptors (Lipinski definition) is 4. The molecule has 0 saturated heterocycles. The van der Waals surface area contributed by atoms with Crippen molar-refractivity contribution >= 4 is 6.03 Å². The Hall–Kier alpha value is -2.60. The van der Waals surface area contributed by atoms with E-state index < -0.39 is 0 Å². The quantitative estimate of drug-likeness (QED) is 0.730. The summed E-state index contributed by atoms with van der Waals surface area (Å²) in [5, 5.41) is 5.74. The minimum atomic E-state index is -0.209. The number of ether oxygens (including phenoxy) is 2. The lowest BCUT2D eigenvalue weighted by atomic mass is 10.1. The number of carbonyl (C=O) groups excluding carboxylic acids is 1. The molecule has 1 aromatic heterocycles. The Labute approximate surface area is 142 Å². The van der Waals surface area contributed by atoms with E-state index in [0.717, 1.165) is 16.9 Å². The summed E-state index contributed by atoms with van der Waals surface area (Å²) in [7, 11) is 1.64. The van der Waals surface area contributed by atoms with Crippen molar-refractivity contribution in [3.8, 4) is 5.75 Å². The first-order chi connectivity index (χ1) is 11.7. The minimum Gasteiger partial charge on any atom is -0.491 e. The van der Waals surface area contributed by atoms with Crippen LogP contribution in [0, 0.1) is 0 Å². The number of nitrogens with one attached hydrogen (secondary N) is 2. The molecule has 1 heterocycles. The lowest BCUT2D eigenvalue weighted by Crippen LogP contribution is -2.36. The Morgan fingerprint density at radius 1 is 1.12 bits per heavy atom. The zero-order valence-corrected chi connectivity index (χ0v) is 14.0. The first kappa shape index (κ1) is 17.7. The Balaban J connectivity index is 1.75. The number of benzene rings is 1. The highest BCUT2D eigenvalue weighted by molar-refractivity contribution is 5.74. The van der Waals surface area contributed by atoms with Gasteiger partial charge in [-0.25, -0.2) is 4.79 Å². The van der Waals surface area contributed by atoms with Gasteiger partial charge in [-0.3, -0.25) is 4.98 Å². The van der Waals surface area contributed by atoms with Crippen molar-refractivity contribution in [1.82, 2.24) is 15.6 Å². The molecule has 6 nitrogen and oxygen atoms in total.